The Morgan fingerprint density at radius 2 is 2.24 bits per heavy atom. The summed E-state index contributed by atoms with van der Waals surface area (Å²) in [6.07, 6.45) is 8.29. The second-order valence-corrected chi connectivity index (χ2v) is 7.90. The van der Waals surface area contributed by atoms with Gasteiger partial charge >= 0.3 is 0 Å². The van der Waals surface area contributed by atoms with Gasteiger partial charge in [0.05, 0.1) is 4.70 Å². The third-order valence-electron chi connectivity index (χ3n) is 4.91. The van der Waals surface area contributed by atoms with Crippen molar-refractivity contribution in [3.05, 3.63) is 53.8 Å². The molecule has 4 rings (SSSR count). The lowest BCUT2D eigenvalue weighted by Crippen LogP contribution is -2.40. The first kappa shape index (κ1) is 16.5. The third kappa shape index (κ3) is 3.83. The average Bonchev–Trinajstić information content (AvgIpc) is 3.11. The van der Waals surface area contributed by atoms with E-state index in [-0.39, 0.29) is 0 Å². The average molecular weight is 353 g/mol. The van der Waals surface area contributed by atoms with Crippen LogP contribution < -0.4 is 4.90 Å². The van der Waals surface area contributed by atoms with Gasteiger partial charge in [-0.05, 0) is 60.3 Å². The summed E-state index contributed by atoms with van der Waals surface area (Å²) in [5.41, 5.74) is 1.28. The number of hydrogen-bond donors (Lipinski definition) is 0. The molecule has 5 heteroatoms. The van der Waals surface area contributed by atoms with Crippen LogP contribution in [0.25, 0.3) is 10.1 Å². The van der Waals surface area contributed by atoms with Crippen molar-refractivity contribution in [3.63, 3.8) is 0 Å². The molecular formula is C20H24N4S. The van der Waals surface area contributed by atoms with Gasteiger partial charge in [-0.1, -0.05) is 6.07 Å². The van der Waals surface area contributed by atoms with Gasteiger partial charge in [-0.15, -0.1) is 11.3 Å². The van der Waals surface area contributed by atoms with Crippen molar-refractivity contribution >= 4 is 27.2 Å². The summed E-state index contributed by atoms with van der Waals surface area (Å²) < 4.78 is 1.33. The molecule has 130 valence electrons. The van der Waals surface area contributed by atoms with Crippen LogP contribution in [0.15, 0.2) is 48.2 Å². The van der Waals surface area contributed by atoms with Crippen LogP contribution in [0, 0.1) is 5.92 Å². The summed E-state index contributed by atoms with van der Waals surface area (Å²) in [4.78, 5) is 13.8. The zero-order valence-electron chi connectivity index (χ0n) is 14.6. The smallest absolute Gasteiger partial charge is 0.146 e. The molecule has 3 aromatic rings. The number of rotatable bonds is 5. The molecule has 0 bridgehead atoms. The minimum absolute atomic E-state index is 0.687. The number of nitrogens with zero attached hydrogens (tertiary/aromatic N) is 4. The molecule has 1 aliphatic rings. The standard InChI is InChI=1S/C20H24N4S/c1-23(13-16-4-2-8-21-12-16)14-17-5-3-10-24(15-17)20-19-18(6-9-22-20)7-11-25-19/h2,4,6-9,11-12,17H,3,5,10,13-15H2,1H3/t17-/m0/s1. The van der Waals surface area contributed by atoms with Gasteiger partial charge in [-0.25, -0.2) is 4.98 Å². The van der Waals surface area contributed by atoms with Crippen molar-refractivity contribution < 1.29 is 0 Å². The first-order valence-corrected chi connectivity index (χ1v) is 9.82. The summed E-state index contributed by atoms with van der Waals surface area (Å²) in [5.74, 6) is 1.86. The highest BCUT2D eigenvalue weighted by Crippen LogP contribution is 2.32. The maximum absolute atomic E-state index is 4.70. The highest BCUT2D eigenvalue weighted by atomic mass is 32.1. The Bertz CT molecular complexity index is 817. The van der Waals surface area contributed by atoms with Gasteiger partial charge in [-0.3, -0.25) is 4.98 Å². The van der Waals surface area contributed by atoms with Crippen LogP contribution in [-0.2, 0) is 6.54 Å². The van der Waals surface area contributed by atoms with Crippen LogP contribution in [-0.4, -0.2) is 41.5 Å². The predicted octanol–water partition coefficient (Wildman–Crippen LogP) is 4.04. The van der Waals surface area contributed by atoms with Gasteiger partial charge in [0, 0.05) is 44.8 Å². The highest BCUT2D eigenvalue weighted by Gasteiger charge is 2.23. The van der Waals surface area contributed by atoms with Crippen LogP contribution in [0.2, 0.25) is 0 Å². The lowest BCUT2D eigenvalue weighted by molar-refractivity contribution is 0.248. The van der Waals surface area contributed by atoms with Gasteiger partial charge in [0.1, 0.15) is 5.82 Å². The summed E-state index contributed by atoms with van der Waals surface area (Å²) in [5, 5.41) is 3.48. The number of aromatic nitrogens is 2. The van der Waals surface area contributed by atoms with E-state index < -0.39 is 0 Å². The normalized spacial score (nSPS) is 18.2. The molecule has 0 aliphatic carbocycles. The molecular weight excluding hydrogens is 328 g/mol. The molecule has 0 saturated carbocycles. The fraction of sp³-hybridized carbons (Fsp3) is 0.400. The molecule has 1 atom stereocenters. The summed E-state index contributed by atoms with van der Waals surface area (Å²) in [7, 11) is 2.21. The first-order valence-electron chi connectivity index (χ1n) is 8.94. The molecule has 4 heterocycles. The van der Waals surface area contributed by atoms with Gasteiger partial charge in [-0.2, -0.15) is 0 Å². The molecule has 1 aliphatic heterocycles. The lowest BCUT2D eigenvalue weighted by atomic mass is 9.97. The molecule has 0 spiro atoms. The minimum Gasteiger partial charge on any atom is -0.355 e. The van der Waals surface area contributed by atoms with E-state index in [1.807, 2.05) is 24.7 Å². The topological polar surface area (TPSA) is 32.3 Å². The van der Waals surface area contributed by atoms with E-state index in [9.17, 15) is 0 Å². The number of pyridine rings is 2. The molecule has 1 fully saturated rings. The number of piperidine rings is 1. The van der Waals surface area contributed by atoms with Crippen molar-refractivity contribution in [1.29, 1.82) is 0 Å². The Labute approximate surface area is 153 Å². The van der Waals surface area contributed by atoms with Crippen molar-refractivity contribution in [1.82, 2.24) is 14.9 Å². The maximum Gasteiger partial charge on any atom is 0.146 e. The van der Waals surface area contributed by atoms with E-state index in [1.165, 1.54) is 34.3 Å². The van der Waals surface area contributed by atoms with Crippen LogP contribution in [0.3, 0.4) is 0 Å². The summed E-state index contributed by atoms with van der Waals surface area (Å²) in [6.45, 7) is 4.29. The molecule has 3 aromatic heterocycles. The van der Waals surface area contributed by atoms with E-state index in [1.54, 1.807) is 11.3 Å². The van der Waals surface area contributed by atoms with Crippen molar-refractivity contribution in [2.24, 2.45) is 5.92 Å². The fourth-order valence-electron chi connectivity index (χ4n) is 3.82. The van der Waals surface area contributed by atoms with Gasteiger partial charge in [0.2, 0.25) is 0 Å². The second kappa shape index (κ2) is 7.50. The van der Waals surface area contributed by atoms with Crippen LogP contribution in [0.5, 0.6) is 0 Å². The quantitative estimate of drug-likeness (QED) is 0.694. The van der Waals surface area contributed by atoms with Crippen LogP contribution in [0.4, 0.5) is 5.82 Å². The van der Waals surface area contributed by atoms with Crippen molar-refractivity contribution in [2.45, 2.75) is 19.4 Å². The van der Waals surface area contributed by atoms with Crippen LogP contribution >= 0.6 is 11.3 Å². The van der Waals surface area contributed by atoms with Gasteiger partial charge < -0.3 is 9.80 Å². The zero-order valence-corrected chi connectivity index (χ0v) is 15.5. The van der Waals surface area contributed by atoms with Gasteiger partial charge in [0.15, 0.2) is 0 Å². The molecule has 0 unspecified atom stereocenters. The Morgan fingerprint density at radius 1 is 1.28 bits per heavy atom. The predicted molar refractivity (Wildman–Crippen MR) is 105 cm³/mol. The monoisotopic (exact) mass is 352 g/mol. The highest BCUT2D eigenvalue weighted by molar-refractivity contribution is 7.17. The molecule has 4 nitrogen and oxygen atoms in total. The largest absolute Gasteiger partial charge is 0.355 e. The molecule has 0 radical (unpaired) electrons. The fourth-order valence-corrected chi connectivity index (χ4v) is 4.73. The summed E-state index contributed by atoms with van der Waals surface area (Å²) >= 11 is 1.80. The second-order valence-electron chi connectivity index (χ2n) is 6.99. The van der Waals surface area contributed by atoms with Crippen molar-refractivity contribution in [3.8, 4) is 0 Å². The molecule has 1 saturated heterocycles. The first-order chi connectivity index (χ1) is 12.3. The number of anilines is 1. The number of hydrogen-bond acceptors (Lipinski definition) is 5. The zero-order chi connectivity index (χ0) is 17.1. The van der Waals surface area contributed by atoms with Gasteiger partial charge in [0.25, 0.3) is 0 Å². The molecule has 0 N–H and O–H groups in total. The van der Waals surface area contributed by atoms with E-state index in [0.717, 1.165) is 26.2 Å². The molecule has 0 amide bonds. The van der Waals surface area contributed by atoms with Crippen LogP contribution in [0.1, 0.15) is 18.4 Å². The maximum atomic E-state index is 4.70. The van der Waals surface area contributed by atoms with Crippen molar-refractivity contribution in [2.75, 3.05) is 31.6 Å². The van der Waals surface area contributed by atoms with E-state index >= 15 is 0 Å². The van der Waals surface area contributed by atoms with E-state index in [0.29, 0.717) is 5.92 Å². The van der Waals surface area contributed by atoms with E-state index in [4.69, 9.17) is 4.98 Å². The molecule has 25 heavy (non-hydrogen) atoms. The Balaban J connectivity index is 1.42. The minimum atomic E-state index is 0.687. The summed E-state index contributed by atoms with van der Waals surface area (Å²) in [6, 6.07) is 8.46. The Morgan fingerprint density at radius 3 is 3.12 bits per heavy atom. The number of thiophene rings is 1. The molecule has 0 aromatic carbocycles. The third-order valence-corrected chi connectivity index (χ3v) is 5.84. The van der Waals surface area contributed by atoms with E-state index in [2.05, 4.69) is 45.4 Å². The SMILES string of the molecule is CN(Cc1cccnc1)C[C@@H]1CCCN(c2nccc3ccsc23)C1. The Hall–Kier alpha value is -1.98. The number of fused-ring (bicyclic) bond motifs is 1. The lowest BCUT2D eigenvalue weighted by Gasteiger charge is -2.35. The Kier molecular flexibility index (Phi) is 4.95.